The maximum Gasteiger partial charge on any atom is 0.00726 e. The lowest BCUT2D eigenvalue weighted by molar-refractivity contribution is 0.902. The monoisotopic (exact) mass is 111 g/mol. The van der Waals surface area contributed by atoms with Crippen molar-refractivity contribution in [3.8, 4) is 0 Å². The lowest BCUT2D eigenvalue weighted by Gasteiger charge is -2.03. The Morgan fingerprint density at radius 2 is 2.00 bits per heavy atom. The van der Waals surface area contributed by atoms with Crippen molar-refractivity contribution in [1.82, 2.24) is 5.32 Å². The Labute approximate surface area is 51.1 Å². The fraction of sp³-hybridized carbons (Fsp3) is 0.429. The third-order valence-electron chi connectivity index (χ3n) is 0.817. The van der Waals surface area contributed by atoms with E-state index in [-0.39, 0.29) is 0 Å². The van der Waals surface area contributed by atoms with Crippen LogP contribution in [0, 0.1) is 0 Å². The number of hydrogen-bond donors (Lipinski definition) is 1. The molecule has 1 heteroatoms. The van der Waals surface area contributed by atoms with Crippen molar-refractivity contribution in [3.63, 3.8) is 0 Å². The van der Waals surface area contributed by atoms with Gasteiger partial charge in [-0.1, -0.05) is 20.1 Å². The van der Waals surface area contributed by atoms with Crippen LogP contribution in [0.5, 0.6) is 0 Å². The molecule has 0 atom stereocenters. The average Bonchev–Trinajstić information content (AvgIpc) is 1.65. The first-order chi connectivity index (χ1) is 3.66. The van der Waals surface area contributed by atoms with E-state index in [4.69, 9.17) is 0 Å². The van der Waals surface area contributed by atoms with E-state index in [1.54, 1.807) is 0 Å². The van der Waals surface area contributed by atoms with Gasteiger partial charge in [0.05, 0.1) is 0 Å². The topological polar surface area (TPSA) is 12.0 Å². The molecular weight excluding hydrogens is 98.1 g/mol. The van der Waals surface area contributed by atoms with Crippen molar-refractivity contribution in [2.24, 2.45) is 0 Å². The van der Waals surface area contributed by atoms with Crippen LogP contribution in [0.1, 0.15) is 20.3 Å². The Morgan fingerprint density at radius 1 is 1.50 bits per heavy atom. The molecule has 0 aliphatic heterocycles. The zero-order chi connectivity index (χ0) is 6.57. The average molecular weight is 111 g/mol. The van der Waals surface area contributed by atoms with E-state index in [1.165, 1.54) is 0 Å². The lowest BCUT2D eigenvalue weighted by Crippen LogP contribution is -2.06. The van der Waals surface area contributed by atoms with Gasteiger partial charge >= 0.3 is 0 Å². The van der Waals surface area contributed by atoms with Gasteiger partial charge in [-0.3, -0.25) is 0 Å². The van der Waals surface area contributed by atoms with Gasteiger partial charge in [-0.05, 0) is 13.3 Å². The Hall–Kier alpha value is -0.720. The SMILES string of the molecule is C=C(C)NC(=C)CC. The standard InChI is InChI=1S/C7H13N/c1-5-7(4)8-6(2)3/h8H,2,4-5H2,1,3H3. The zero-order valence-corrected chi connectivity index (χ0v) is 5.62. The van der Waals surface area contributed by atoms with E-state index in [0.29, 0.717) is 0 Å². The number of allylic oxidation sites excluding steroid dienone is 2. The summed E-state index contributed by atoms with van der Waals surface area (Å²) in [5.74, 6) is 0. The molecule has 8 heavy (non-hydrogen) atoms. The van der Waals surface area contributed by atoms with Crippen LogP contribution in [0.3, 0.4) is 0 Å². The minimum Gasteiger partial charge on any atom is -0.364 e. The predicted octanol–water partition coefficient (Wildman–Crippen LogP) is 2.03. The Balaban J connectivity index is 3.40. The summed E-state index contributed by atoms with van der Waals surface area (Å²) in [6.07, 6.45) is 0.965. The molecule has 0 fully saturated rings. The molecule has 0 saturated carbocycles. The molecule has 0 bridgehead atoms. The van der Waals surface area contributed by atoms with Crippen LogP contribution in [-0.2, 0) is 0 Å². The maximum atomic E-state index is 3.74. The van der Waals surface area contributed by atoms with E-state index < -0.39 is 0 Å². The van der Waals surface area contributed by atoms with Gasteiger partial charge < -0.3 is 5.32 Å². The predicted molar refractivity (Wildman–Crippen MR) is 37.4 cm³/mol. The molecule has 0 aliphatic rings. The molecule has 0 aromatic rings. The Kier molecular flexibility index (Phi) is 3.01. The van der Waals surface area contributed by atoms with Crippen LogP contribution >= 0.6 is 0 Å². The van der Waals surface area contributed by atoms with Crippen LogP contribution in [0.4, 0.5) is 0 Å². The van der Waals surface area contributed by atoms with Gasteiger partial charge in [0.15, 0.2) is 0 Å². The number of nitrogens with one attached hydrogen (secondary N) is 1. The van der Waals surface area contributed by atoms with Gasteiger partial charge in [-0.25, -0.2) is 0 Å². The minimum atomic E-state index is 0.955. The van der Waals surface area contributed by atoms with Crippen LogP contribution in [0.25, 0.3) is 0 Å². The largest absolute Gasteiger partial charge is 0.364 e. The highest BCUT2D eigenvalue weighted by molar-refractivity contribution is 5.00. The van der Waals surface area contributed by atoms with Crippen LogP contribution in [0.2, 0.25) is 0 Å². The second-order valence-corrected chi connectivity index (χ2v) is 1.86. The molecule has 0 heterocycles. The van der Waals surface area contributed by atoms with Crippen molar-refractivity contribution in [1.29, 1.82) is 0 Å². The van der Waals surface area contributed by atoms with Crippen LogP contribution in [0.15, 0.2) is 24.6 Å². The molecule has 0 radical (unpaired) electrons. The van der Waals surface area contributed by atoms with Gasteiger partial charge in [0.2, 0.25) is 0 Å². The summed E-state index contributed by atoms with van der Waals surface area (Å²) in [4.78, 5) is 0. The summed E-state index contributed by atoms with van der Waals surface area (Å²) in [7, 11) is 0. The van der Waals surface area contributed by atoms with Gasteiger partial charge in [0.25, 0.3) is 0 Å². The molecule has 0 saturated heterocycles. The molecule has 0 spiro atoms. The Bertz CT molecular complexity index is 103. The smallest absolute Gasteiger partial charge is 0.00726 e. The van der Waals surface area contributed by atoms with E-state index in [2.05, 4.69) is 25.4 Å². The van der Waals surface area contributed by atoms with Crippen LogP contribution in [-0.4, -0.2) is 0 Å². The van der Waals surface area contributed by atoms with E-state index in [0.717, 1.165) is 17.8 Å². The molecular formula is C7H13N. The van der Waals surface area contributed by atoms with E-state index in [9.17, 15) is 0 Å². The first-order valence-corrected chi connectivity index (χ1v) is 2.77. The van der Waals surface area contributed by atoms with Crippen molar-refractivity contribution in [2.75, 3.05) is 0 Å². The number of hydrogen-bond acceptors (Lipinski definition) is 1. The van der Waals surface area contributed by atoms with Crippen LogP contribution < -0.4 is 5.32 Å². The fourth-order valence-corrected chi connectivity index (χ4v) is 0.390. The van der Waals surface area contributed by atoms with Gasteiger partial charge in [-0.15, -0.1) is 0 Å². The van der Waals surface area contributed by atoms with Crippen molar-refractivity contribution < 1.29 is 0 Å². The lowest BCUT2D eigenvalue weighted by atomic mass is 10.3. The summed E-state index contributed by atoms with van der Waals surface area (Å²) < 4.78 is 0. The first-order valence-electron chi connectivity index (χ1n) is 2.77. The second kappa shape index (κ2) is 3.30. The zero-order valence-electron chi connectivity index (χ0n) is 5.62. The summed E-state index contributed by atoms with van der Waals surface area (Å²) in [6.45, 7) is 11.4. The van der Waals surface area contributed by atoms with E-state index >= 15 is 0 Å². The Morgan fingerprint density at radius 3 is 2.12 bits per heavy atom. The first kappa shape index (κ1) is 7.28. The van der Waals surface area contributed by atoms with Gasteiger partial charge in [0, 0.05) is 11.4 Å². The van der Waals surface area contributed by atoms with Gasteiger partial charge in [-0.2, -0.15) is 0 Å². The summed E-state index contributed by atoms with van der Waals surface area (Å²) in [5.41, 5.74) is 1.98. The molecule has 0 amide bonds. The van der Waals surface area contributed by atoms with Crippen molar-refractivity contribution in [3.05, 3.63) is 24.6 Å². The highest BCUT2D eigenvalue weighted by atomic mass is 14.9. The normalized spacial score (nSPS) is 8.25. The minimum absolute atomic E-state index is 0.955. The third-order valence-corrected chi connectivity index (χ3v) is 0.817. The quantitative estimate of drug-likeness (QED) is 0.587. The molecule has 1 nitrogen and oxygen atoms in total. The molecule has 1 N–H and O–H groups in total. The summed E-state index contributed by atoms with van der Waals surface area (Å²) >= 11 is 0. The van der Waals surface area contributed by atoms with Crippen molar-refractivity contribution >= 4 is 0 Å². The molecule has 0 unspecified atom stereocenters. The molecule has 0 aromatic carbocycles. The fourth-order valence-electron chi connectivity index (χ4n) is 0.390. The summed E-state index contributed by atoms with van der Waals surface area (Å²) in [5, 5.41) is 3.00. The maximum absolute atomic E-state index is 3.74. The molecule has 46 valence electrons. The highest BCUT2D eigenvalue weighted by Gasteiger charge is 1.84. The summed E-state index contributed by atoms with van der Waals surface area (Å²) in [6, 6.07) is 0. The molecule has 0 aliphatic carbocycles. The van der Waals surface area contributed by atoms with Gasteiger partial charge in [0.1, 0.15) is 0 Å². The molecule has 0 aromatic heterocycles. The molecule has 0 rings (SSSR count). The highest BCUT2D eigenvalue weighted by Crippen LogP contribution is 1.92. The number of rotatable bonds is 3. The van der Waals surface area contributed by atoms with E-state index in [1.807, 2.05) is 6.92 Å². The third kappa shape index (κ3) is 3.47. The second-order valence-electron chi connectivity index (χ2n) is 1.86. The van der Waals surface area contributed by atoms with Crippen molar-refractivity contribution in [2.45, 2.75) is 20.3 Å².